The predicted octanol–water partition coefficient (Wildman–Crippen LogP) is 3.68. The molecular formula is C23H18ClF4N5O3S. The van der Waals surface area contributed by atoms with Crippen molar-refractivity contribution in [1.29, 1.82) is 0 Å². The summed E-state index contributed by atoms with van der Waals surface area (Å²) in [6.07, 6.45) is -0.702. The van der Waals surface area contributed by atoms with E-state index in [1.165, 1.54) is 12.3 Å². The molecule has 194 valence electrons. The zero-order valence-electron chi connectivity index (χ0n) is 18.8. The smallest absolute Gasteiger partial charge is 0.351 e. The second-order valence-electron chi connectivity index (χ2n) is 8.80. The second-order valence-corrected chi connectivity index (χ2v) is 11.1. The number of amides is 1. The highest BCUT2D eigenvalue weighted by Crippen LogP contribution is 2.51. The molecule has 8 nitrogen and oxygen atoms in total. The van der Waals surface area contributed by atoms with Gasteiger partial charge in [0.2, 0.25) is 21.8 Å². The number of carbonyl (C=O) groups is 1. The maximum atomic E-state index is 13.3. The molecule has 5 rings (SSSR count). The number of aromatic nitrogens is 3. The predicted molar refractivity (Wildman–Crippen MR) is 123 cm³/mol. The Hall–Kier alpha value is -3.16. The van der Waals surface area contributed by atoms with Crippen molar-refractivity contribution in [3.05, 3.63) is 71.2 Å². The van der Waals surface area contributed by atoms with Gasteiger partial charge >= 0.3 is 6.18 Å². The van der Waals surface area contributed by atoms with Gasteiger partial charge in [0, 0.05) is 37.2 Å². The third kappa shape index (κ3) is 5.03. The first-order chi connectivity index (χ1) is 17.4. The van der Waals surface area contributed by atoms with Crippen LogP contribution >= 0.6 is 11.6 Å². The topological polar surface area (TPSA) is 105 Å². The number of nitrogens with one attached hydrogen (secondary N) is 1. The molecule has 1 aliphatic carbocycles. The second kappa shape index (κ2) is 9.30. The lowest BCUT2D eigenvalue weighted by Gasteiger charge is -2.26. The molecule has 3 heterocycles. The summed E-state index contributed by atoms with van der Waals surface area (Å²) < 4.78 is 78.9. The van der Waals surface area contributed by atoms with Crippen LogP contribution in [0.1, 0.15) is 17.8 Å². The molecule has 1 saturated carbocycles. The summed E-state index contributed by atoms with van der Waals surface area (Å²) in [6, 6.07) is 4.96. The van der Waals surface area contributed by atoms with E-state index in [2.05, 4.69) is 20.3 Å². The van der Waals surface area contributed by atoms with Crippen LogP contribution in [0.3, 0.4) is 0 Å². The quantitative estimate of drug-likeness (QED) is 0.465. The molecule has 1 saturated heterocycles. The SMILES string of the molecule is O=C(NCc1cc(-c2cnc(C(F)(F)F)nc2)ncc1Cl)[C@@H]1[C@H]2C[C@H]2CN1S(=O)(=O)c1ccc(F)cc1. The molecule has 0 bridgehead atoms. The third-order valence-electron chi connectivity index (χ3n) is 6.39. The lowest BCUT2D eigenvalue weighted by atomic mass is 10.1. The van der Waals surface area contributed by atoms with Crippen LogP contribution in [0.25, 0.3) is 11.3 Å². The number of sulfonamides is 1. The monoisotopic (exact) mass is 555 g/mol. The van der Waals surface area contributed by atoms with Crippen molar-refractivity contribution < 1.29 is 30.8 Å². The van der Waals surface area contributed by atoms with Crippen LogP contribution in [0, 0.1) is 17.7 Å². The summed E-state index contributed by atoms with van der Waals surface area (Å²) in [5, 5.41) is 2.91. The van der Waals surface area contributed by atoms with Gasteiger partial charge in [0.05, 0.1) is 15.6 Å². The largest absolute Gasteiger partial charge is 0.451 e. The molecule has 2 fully saturated rings. The number of pyridine rings is 1. The molecule has 0 unspecified atom stereocenters. The number of fused-ring (bicyclic) bond motifs is 1. The van der Waals surface area contributed by atoms with Crippen LogP contribution in [0.5, 0.6) is 0 Å². The fraction of sp³-hybridized carbons (Fsp3) is 0.304. The molecular weight excluding hydrogens is 538 g/mol. The van der Waals surface area contributed by atoms with Gasteiger partial charge in [-0.2, -0.15) is 17.5 Å². The number of halogens is 5. The Kier molecular flexibility index (Phi) is 6.40. The maximum absolute atomic E-state index is 13.3. The summed E-state index contributed by atoms with van der Waals surface area (Å²) in [5.74, 6) is -2.42. The molecule has 3 aromatic rings. The molecule has 2 aliphatic rings. The summed E-state index contributed by atoms with van der Waals surface area (Å²) in [5.41, 5.74) is 0.870. The molecule has 1 aromatic carbocycles. The van der Waals surface area contributed by atoms with Crippen LogP contribution in [0.15, 0.2) is 53.8 Å². The van der Waals surface area contributed by atoms with Crippen LogP contribution < -0.4 is 5.32 Å². The van der Waals surface area contributed by atoms with Gasteiger partial charge < -0.3 is 5.32 Å². The Morgan fingerprint density at radius 2 is 1.78 bits per heavy atom. The minimum absolute atomic E-state index is 0.0711. The van der Waals surface area contributed by atoms with Crippen LogP contribution in [-0.2, 0) is 27.5 Å². The van der Waals surface area contributed by atoms with Crippen molar-refractivity contribution >= 4 is 27.5 Å². The zero-order valence-corrected chi connectivity index (χ0v) is 20.4. The van der Waals surface area contributed by atoms with Crippen LogP contribution in [0.2, 0.25) is 5.02 Å². The lowest BCUT2D eigenvalue weighted by Crippen LogP contribution is -2.48. The number of hydrogen-bond donors (Lipinski definition) is 1. The highest BCUT2D eigenvalue weighted by Gasteiger charge is 2.58. The van der Waals surface area contributed by atoms with Gasteiger partial charge in [0.15, 0.2) is 0 Å². The molecule has 0 spiro atoms. The van der Waals surface area contributed by atoms with E-state index in [1.807, 2.05) is 0 Å². The van der Waals surface area contributed by atoms with E-state index in [0.717, 1.165) is 47.4 Å². The molecule has 0 radical (unpaired) electrons. The van der Waals surface area contributed by atoms with Crippen LogP contribution in [-0.4, -0.2) is 46.2 Å². The fourth-order valence-electron chi connectivity index (χ4n) is 4.41. The Balaban J connectivity index is 1.32. The van der Waals surface area contributed by atoms with Gasteiger partial charge in [0.25, 0.3) is 0 Å². The first-order valence-electron chi connectivity index (χ1n) is 11.0. The average Bonchev–Trinajstić information content (AvgIpc) is 3.52. The Morgan fingerprint density at radius 3 is 2.43 bits per heavy atom. The Morgan fingerprint density at radius 1 is 1.11 bits per heavy atom. The van der Waals surface area contributed by atoms with Crippen molar-refractivity contribution in [3.63, 3.8) is 0 Å². The van der Waals surface area contributed by atoms with Crippen LogP contribution in [0.4, 0.5) is 17.6 Å². The van der Waals surface area contributed by atoms with Gasteiger partial charge in [-0.3, -0.25) is 9.78 Å². The molecule has 2 aromatic heterocycles. The van der Waals surface area contributed by atoms with E-state index in [4.69, 9.17) is 11.6 Å². The number of hydrogen-bond acceptors (Lipinski definition) is 6. The first kappa shape index (κ1) is 25.5. The first-order valence-corrected chi connectivity index (χ1v) is 12.9. The zero-order chi connectivity index (χ0) is 26.5. The van der Waals surface area contributed by atoms with Crippen molar-refractivity contribution in [1.82, 2.24) is 24.6 Å². The van der Waals surface area contributed by atoms with E-state index in [1.54, 1.807) is 0 Å². The van der Waals surface area contributed by atoms with E-state index in [-0.39, 0.29) is 46.1 Å². The van der Waals surface area contributed by atoms with Gasteiger partial charge in [0.1, 0.15) is 11.9 Å². The molecule has 14 heteroatoms. The number of piperidine rings is 1. The maximum Gasteiger partial charge on any atom is 0.451 e. The van der Waals surface area contributed by atoms with Gasteiger partial charge in [-0.15, -0.1) is 0 Å². The van der Waals surface area contributed by atoms with Crippen molar-refractivity contribution in [2.24, 2.45) is 11.8 Å². The van der Waals surface area contributed by atoms with Gasteiger partial charge in [-0.1, -0.05) is 11.6 Å². The normalized spacial score (nSPS) is 21.5. The van der Waals surface area contributed by atoms with Gasteiger partial charge in [-0.05, 0) is 54.2 Å². The third-order valence-corrected chi connectivity index (χ3v) is 8.59. The fourth-order valence-corrected chi connectivity index (χ4v) is 6.27. The molecule has 3 atom stereocenters. The van der Waals surface area contributed by atoms with E-state index >= 15 is 0 Å². The Bertz CT molecular complexity index is 1450. The molecule has 1 aliphatic heterocycles. The summed E-state index contributed by atoms with van der Waals surface area (Å²) >= 11 is 6.21. The van der Waals surface area contributed by atoms with E-state index < -0.39 is 39.8 Å². The van der Waals surface area contributed by atoms with Gasteiger partial charge in [-0.25, -0.2) is 22.8 Å². The highest BCUT2D eigenvalue weighted by atomic mass is 35.5. The van der Waals surface area contributed by atoms with Crippen molar-refractivity contribution in [3.8, 4) is 11.3 Å². The minimum Gasteiger partial charge on any atom is -0.351 e. The highest BCUT2D eigenvalue weighted by molar-refractivity contribution is 7.89. The lowest BCUT2D eigenvalue weighted by molar-refractivity contribution is -0.145. The van der Waals surface area contributed by atoms with Crippen molar-refractivity contribution in [2.75, 3.05) is 6.54 Å². The van der Waals surface area contributed by atoms with E-state index in [9.17, 15) is 30.8 Å². The summed E-state index contributed by atoms with van der Waals surface area (Å²) in [6.45, 7) is 0.115. The molecule has 1 amide bonds. The Labute approximate surface area is 213 Å². The molecule has 37 heavy (non-hydrogen) atoms. The average molecular weight is 556 g/mol. The number of carbonyl (C=O) groups excluding carboxylic acids is 1. The molecule has 1 N–H and O–H groups in total. The number of benzene rings is 1. The summed E-state index contributed by atoms with van der Waals surface area (Å²) in [7, 11) is -4.02. The van der Waals surface area contributed by atoms with Crippen molar-refractivity contribution in [2.45, 2.75) is 30.1 Å². The number of nitrogens with zero attached hydrogens (tertiary/aromatic N) is 4. The number of alkyl halides is 3. The summed E-state index contributed by atoms with van der Waals surface area (Å²) in [4.78, 5) is 23.8. The minimum atomic E-state index is -4.68. The van der Waals surface area contributed by atoms with E-state index in [0.29, 0.717) is 5.56 Å². The standard InChI is InChI=1S/C23H18ClF4N5O3S/c24-18-10-29-19(14-8-31-22(32-9-14)23(26,27)28)6-12(18)7-30-21(34)20-17-5-13(17)11-33(20)37(35,36)16-3-1-15(25)2-4-16/h1-4,6,8-10,13,17,20H,5,7,11H2,(H,30,34)/t13-,17-,20-/m0/s1. The number of rotatable bonds is 6.